The minimum Gasteiger partial charge on any atom is -0.289 e. The summed E-state index contributed by atoms with van der Waals surface area (Å²) in [6.45, 7) is 4.81. The molecule has 1 aromatic carbocycles. The van der Waals surface area contributed by atoms with Gasteiger partial charge in [0.2, 0.25) is 0 Å². The van der Waals surface area contributed by atoms with Gasteiger partial charge >= 0.3 is 0 Å². The fourth-order valence-electron chi connectivity index (χ4n) is 2.10. The molecule has 0 spiro atoms. The van der Waals surface area contributed by atoms with E-state index in [2.05, 4.69) is 6.58 Å². The van der Waals surface area contributed by atoms with Crippen molar-refractivity contribution in [1.82, 2.24) is 0 Å². The second kappa shape index (κ2) is 5.68. The molecule has 0 fully saturated rings. The molecule has 110 valence electrons. The SMILES string of the molecule is C=C(C(=O)c1cccc(F)c1F)C1C=CC(C)=C(F)C1F. The van der Waals surface area contributed by atoms with Gasteiger partial charge in [-0.1, -0.05) is 24.8 Å². The molecule has 0 aromatic heterocycles. The number of carbonyl (C=O) groups is 1. The number of benzene rings is 1. The van der Waals surface area contributed by atoms with Crippen LogP contribution in [0.3, 0.4) is 0 Å². The van der Waals surface area contributed by atoms with Crippen LogP contribution in [0.1, 0.15) is 17.3 Å². The highest BCUT2D eigenvalue weighted by molar-refractivity contribution is 6.09. The summed E-state index contributed by atoms with van der Waals surface area (Å²) in [6, 6.07) is 3.09. The first kappa shape index (κ1) is 15.2. The molecule has 0 aliphatic heterocycles. The fourth-order valence-corrected chi connectivity index (χ4v) is 2.10. The van der Waals surface area contributed by atoms with E-state index in [1.807, 2.05) is 0 Å². The Morgan fingerprint density at radius 3 is 2.57 bits per heavy atom. The molecule has 1 aliphatic carbocycles. The van der Waals surface area contributed by atoms with Crippen molar-refractivity contribution >= 4 is 5.78 Å². The van der Waals surface area contributed by atoms with Crippen molar-refractivity contribution in [2.75, 3.05) is 0 Å². The standard InChI is InChI=1S/C16H12F4O/c1-8-6-7-10(15(20)13(8)18)9(2)16(21)11-4-3-5-12(17)14(11)19/h3-7,10,15H,2H2,1H3. The lowest BCUT2D eigenvalue weighted by Gasteiger charge is -2.22. The van der Waals surface area contributed by atoms with Gasteiger partial charge in [0, 0.05) is 11.5 Å². The first-order valence-electron chi connectivity index (χ1n) is 6.20. The number of Topliss-reactive ketones (excluding diaryl/α,β-unsaturated/α-hetero) is 1. The Balaban J connectivity index is 2.31. The van der Waals surface area contributed by atoms with E-state index in [1.165, 1.54) is 19.1 Å². The van der Waals surface area contributed by atoms with Crippen LogP contribution < -0.4 is 0 Å². The summed E-state index contributed by atoms with van der Waals surface area (Å²) in [7, 11) is 0. The molecule has 2 unspecified atom stereocenters. The molecule has 1 aromatic rings. The van der Waals surface area contributed by atoms with Crippen molar-refractivity contribution in [3.8, 4) is 0 Å². The van der Waals surface area contributed by atoms with Crippen LogP contribution in [0.25, 0.3) is 0 Å². The molecule has 0 N–H and O–H groups in total. The Bertz CT molecular complexity index is 673. The Kier molecular flexibility index (Phi) is 4.11. The van der Waals surface area contributed by atoms with Gasteiger partial charge in [0.05, 0.1) is 5.56 Å². The average Bonchev–Trinajstić information content (AvgIpc) is 2.46. The zero-order valence-corrected chi connectivity index (χ0v) is 11.2. The van der Waals surface area contributed by atoms with Gasteiger partial charge in [-0.3, -0.25) is 4.79 Å². The Morgan fingerprint density at radius 2 is 1.90 bits per heavy atom. The van der Waals surface area contributed by atoms with E-state index < -0.39 is 40.9 Å². The van der Waals surface area contributed by atoms with Crippen LogP contribution in [0.5, 0.6) is 0 Å². The lowest BCUT2D eigenvalue weighted by atomic mass is 9.85. The monoisotopic (exact) mass is 296 g/mol. The predicted molar refractivity (Wildman–Crippen MR) is 71.2 cm³/mol. The molecule has 0 bridgehead atoms. The van der Waals surface area contributed by atoms with E-state index in [4.69, 9.17) is 0 Å². The van der Waals surface area contributed by atoms with Crippen LogP contribution in [-0.2, 0) is 0 Å². The fraction of sp³-hybridized carbons (Fsp3) is 0.188. The van der Waals surface area contributed by atoms with Crippen molar-refractivity contribution in [2.24, 2.45) is 5.92 Å². The van der Waals surface area contributed by atoms with E-state index in [0.717, 1.165) is 18.2 Å². The summed E-state index contributed by atoms with van der Waals surface area (Å²) < 4.78 is 54.2. The first-order valence-corrected chi connectivity index (χ1v) is 6.20. The molecule has 2 atom stereocenters. The van der Waals surface area contributed by atoms with Crippen LogP contribution in [0.2, 0.25) is 0 Å². The summed E-state index contributed by atoms with van der Waals surface area (Å²) in [5.74, 6) is -5.69. The zero-order chi connectivity index (χ0) is 15.7. The van der Waals surface area contributed by atoms with Crippen LogP contribution in [0.15, 0.2) is 53.9 Å². The molecule has 0 saturated carbocycles. The van der Waals surface area contributed by atoms with Gasteiger partial charge in [0.15, 0.2) is 23.6 Å². The minimum absolute atomic E-state index is 0.121. The van der Waals surface area contributed by atoms with Crippen LogP contribution in [0, 0.1) is 17.6 Å². The van der Waals surface area contributed by atoms with Crippen LogP contribution >= 0.6 is 0 Å². The van der Waals surface area contributed by atoms with E-state index in [0.29, 0.717) is 0 Å². The third-order valence-corrected chi connectivity index (χ3v) is 3.38. The highest BCUT2D eigenvalue weighted by Crippen LogP contribution is 2.33. The Labute approximate surface area is 119 Å². The smallest absolute Gasteiger partial charge is 0.192 e. The molecule has 5 heteroatoms. The molecular weight excluding hydrogens is 284 g/mol. The van der Waals surface area contributed by atoms with Gasteiger partial charge in [0.1, 0.15) is 5.83 Å². The van der Waals surface area contributed by atoms with Crippen molar-refractivity contribution in [1.29, 1.82) is 0 Å². The molecule has 1 aliphatic rings. The van der Waals surface area contributed by atoms with E-state index in [-0.39, 0.29) is 11.1 Å². The maximum atomic E-state index is 13.9. The second-order valence-corrected chi connectivity index (χ2v) is 4.77. The molecule has 1 nitrogen and oxygen atoms in total. The number of rotatable bonds is 3. The normalized spacial score (nSPS) is 21.6. The van der Waals surface area contributed by atoms with Gasteiger partial charge in [-0.05, 0) is 24.6 Å². The molecule has 0 radical (unpaired) electrons. The number of hydrogen-bond acceptors (Lipinski definition) is 1. The molecule has 0 saturated heterocycles. The van der Waals surface area contributed by atoms with Gasteiger partial charge in [-0.25, -0.2) is 17.6 Å². The van der Waals surface area contributed by atoms with E-state index in [1.54, 1.807) is 0 Å². The van der Waals surface area contributed by atoms with Crippen molar-refractivity contribution in [2.45, 2.75) is 13.1 Å². The zero-order valence-electron chi connectivity index (χ0n) is 11.2. The average molecular weight is 296 g/mol. The summed E-state index contributed by atoms with van der Waals surface area (Å²) in [4.78, 5) is 12.1. The largest absolute Gasteiger partial charge is 0.289 e. The summed E-state index contributed by atoms with van der Waals surface area (Å²) in [6.07, 6.45) is 0.569. The lowest BCUT2D eigenvalue weighted by Crippen LogP contribution is -2.24. The quantitative estimate of drug-likeness (QED) is 0.457. The molecule has 21 heavy (non-hydrogen) atoms. The van der Waals surface area contributed by atoms with Crippen molar-refractivity contribution in [3.63, 3.8) is 0 Å². The molecule has 0 heterocycles. The maximum absolute atomic E-state index is 13.9. The summed E-state index contributed by atoms with van der Waals surface area (Å²) >= 11 is 0. The van der Waals surface area contributed by atoms with Crippen molar-refractivity contribution in [3.05, 3.63) is 71.1 Å². The predicted octanol–water partition coefficient (Wildman–Crippen LogP) is 4.47. The van der Waals surface area contributed by atoms with Gasteiger partial charge < -0.3 is 0 Å². The highest BCUT2D eigenvalue weighted by atomic mass is 19.2. The first-order chi connectivity index (χ1) is 9.84. The topological polar surface area (TPSA) is 17.1 Å². The van der Waals surface area contributed by atoms with Gasteiger partial charge in [0.25, 0.3) is 0 Å². The number of hydrogen-bond donors (Lipinski definition) is 0. The molecule has 2 rings (SSSR count). The second-order valence-electron chi connectivity index (χ2n) is 4.77. The Hall–Kier alpha value is -2.17. The minimum atomic E-state index is -2.05. The van der Waals surface area contributed by atoms with Gasteiger partial charge in [-0.15, -0.1) is 0 Å². The third kappa shape index (κ3) is 2.68. The number of allylic oxidation sites excluding steroid dienone is 5. The lowest BCUT2D eigenvalue weighted by molar-refractivity contribution is 0.101. The molecular formula is C16H12F4O. The van der Waals surface area contributed by atoms with Crippen LogP contribution in [-0.4, -0.2) is 12.0 Å². The number of carbonyl (C=O) groups excluding carboxylic acids is 1. The third-order valence-electron chi connectivity index (χ3n) is 3.38. The number of halogens is 4. The summed E-state index contributed by atoms with van der Waals surface area (Å²) in [5.41, 5.74) is -0.755. The number of ketones is 1. The maximum Gasteiger partial charge on any atom is 0.192 e. The Morgan fingerprint density at radius 1 is 1.24 bits per heavy atom. The van der Waals surface area contributed by atoms with Gasteiger partial charge in [-0.2, -0.15) is 0 Å². The molecule has 0 amide bonds. The van der Waals surface area contributed by atoms with Crippen molar-refractivity contribution < 1.29 is 22.4 Å². The summed E-state index contributed by atoms with van der Waals surface area (Å²) in [5, 5.41) is 0. The van der Waals surface area contributed by atoms with E-state index >= 15 is 0 Å². The highest BCUT2D eigenvalue weighted by Gasteiger charge is 2.33. The van der Waals surface area contributed by atoms with Crippen LogP contribution in [0.4, 0.5) is 17.6 Å². The number of alkyl halides is 1. The van der Waals surface area contributed by atoms with E-state index in [9.17, 15) is 22.4 Å².